The SMILES string of the molecule is CCC(C#N)(CC)C(=O)Nc1cccc2cccnc12. The van der Waals surface area contributed by atoms with Gasteiger partial charge in [-0.1, -0.05) is 32.0 Å². The van der Waals surface area contributed by atoms with E-state index in [2.05, 4.69) is 16.4 Å². The van der Waals surface area contributed by atoms with E-state index < -0.39 is 5.41 Å². The third-order valence-electron chi connectivity index (χ3n) is 3.74. The number of aromatic nitrogens is 1. The minimum absolute atomic E-state index is 0.261. The van der Waals surface area contributed by atoms with Crippen molar-refractivity contribution in [1.82, 2.24) is 4.98 Å². The molecule has 0 aliphatic rings. The number of hydrogen-bond donors (Lipinski definition) is 1. The van der Waals surface area contributed by atoms with Gasteiger partial charge in [0.05, 0.1) is 17.3 Å². The Bertz CT molecular complexity index is 663. The first kappa shape index (κ1) is 14.0. The molecule has 4 heteroatoms. The molecule has 0 atom stereocenters. The lowest BCUT2D eigenvalue weighted by Crippen LogP contribution is -2.34. The lowest BCUT2D eigenvalue weighted by atomic mass is 9.83. The van der Waals surface area contributed by atoms with Gasteiger partial charge in [0.25, 0.3) is 0 Å². The number of nitrogens with zero attached hydrogens (tertiary/aromatic N) is 2. The van der Waals surface area contributed by atoms with Gasteiger partial charge in [0, 0.05) is 11.6 Å². The maximum absolute atomic E-state index is 12.4. The zero-order chi connectivity index (χ0) is 14.6. The lowest BCUT2D eigenvalue weighted by molar-refractivity contribution is -0.123. The van der Waals surface area contributed by atoms with E-state index in [9.17, 15) is 10.1 Å². The largest absolute Gasteiger partial charge is 0.323 e. The average Bonchev–Trinajstić information content (AvgIpc) is 2.50. The van der Waals surface area contributed by atoms with Crippen molar-refractivity contribution in [3.05, 3.63) is 36.5 Å². The Morgan fingerprint density at radius 2 is 2.00 bits per heavy atom. The van der Waals surface area contributed by atoms with Crippen molar-refractivity contribution < 1.29 is 4.79 Å². The van der Waals surface area contributed by atoms with Crippen LogP contribution in [0.1, 0.15) is 26.7 Å². The number of carbonyl (C=O) groups excluding carboxylic acids is 1. The van der Waals surface area contributed by atoms with E-state index in [0.29, 0.717) is 18.5 Å². The highest BCUT2D eigenvalue weighted by atomic mass is 16.2. The predicted octanol–water partition coefficient (Wildman–Crippen LogP) is 3.50. The number of para-hydroxylation sites is 1. The molecule has 0 spiro atoms. The smallest absolute Gasteiger partial charge is 0.244 e. The molecule has 0 saturated heterocycles. The fourth-order valence-corrected chi connectivity index (χ4v) is 2.23. The van der Waals surface area contributed by atoms with Gasteiger partial charge in [-0.05, 0) is 25.0 Å². The van der Waals surface area contributed by atoms with E-state index in [0.717, 1.165) is 10.9 Å². The maximum atomic E-state index is 12.4. The molecule has 0 aliphatic carbocycles. The van der Waals surface area contributed by atoms with Crippen molar-refractivity contribution in [3.63, 3.8) is 0 Å². The van der Waals surface area contributed by atoms with Crippen molar-refractivity contribution in [3.8, 4) is 6.07 Å². The molecule has 0 fully saturated rings. The number of hydrogen-bond acceptors (Lipinski definition) is 3. The summed E-state index contributed by atoms with van der Waals surface area (Å²) in [6.45, 7) is 3.71. The van der Waals surface area contributed by atoms with E-state index in [1.54, 1.807) is 12.3 Å². The van der Waals surface area contributed by atoms with Crippen LogP contribution in [0.5, 0.6) is 0 Å². The summed E-state index contributed by atoms with van der Waals surface area (Å²) in [5.41, 5.74) is 0.411. The van der Waals surface area contributed by atoms with Crippen molar-refractivity contribution in [2.45, 2.75) is 26.7 Å². The standard InChI is InChI=1S/C16H17N3O/c1-3-16(4-2,11-17)15(20)19-13-9-5-7-12-8-6-10-18-14(12)13/h5-10H,3-4H2,1-2H3,(H,19,20). The molecule has 0 aliphatic heterocycles. The molecule has 0 saturated carbocycles. The fraction of sp³-hybridized carbons (Fsp3) is 0.312. The highest BCUT2D eigenvalue weighted by Crippen LogP contribution is 2.29. The number of fused-ring (bicyclic) bond motifs is 1. The van der Waals surface area contributed by atoms with Crippen LogP contribution in [0, 0.1) is 16.7 Å². The Kier molecular flexibility index (Phi) is 3.99. The maximum Gasteiger partial charge on any atom is 0.244 e. The number of carbonyl (C=O) groups is 1. The first-order chi connectivity index (χ1) is 9.66. The van der Waals surface area contributed by atoms with Crippen LogP contribution >= 0.6 is 0 Å². The van der Waals surface area contributed by atoms with Gasteiger partial charge in [-0.15, -0.1) is 0 Å². The Morgan fingerprint density at radius 1 is 1.30 bits per heavy atom. The van der Waals surface area contributed by atoms with Gasteiger partial charge in [0.2, 0.25) is 5.91 Å². The minimum Gasteiger partial charge on any atom is -0.323 e. The van der Waals surface area contributed by atoms with E-state index in [1.807, 2.05) is 38.1 Å². The molecule has 1 N–H and O–H groups in total. The fourth-order valence-electron chi connectivity index (χ4n) is 2.23. The third-order valence-corrected chi connectivity index (χ3v) is 3.74. The molecule has 20 heavy (non-hydrogen) atoms. The van der Waals surface area contributed by atoms with Crippen LogP contribution in [-0.4, -0.2) is 10.9 Å². The molecule has 0 bridgehead atoms. The highest BCUT2D eigenvalue weighted by Gasteiger charge is 2.35. The van der Waals surface area contributed by atoms with E-state index in [-0.39, 0.29) is 5.91 Å². The minimum atomic E-state index is -0.975. The first-order valence-corrected chi connectivity index (χ1v) is 6.73. The van der Waals surface area contributed by atoms with Crippen molar-refractivity contribution in [2.24, 2.45) is 5.41 Å². The second-order valence-electron chi connectivity index (χ2n) is 4.74. The van der Waals surface area contributed by atoms with Crippen molar-refractivity contribution >= 4 is 22.5 Å². The number of nitrogens with one attached hydrogen (secondary N) is 1. The van der Waals surface area contributed by atoms with Gasteiger partial charge in [-0.2, -0.15) is 5.26 Å². The molecule has 102 valence electrons. The van der Waals surface area contributed by atoms with Gasteiger partial charge in [-0.3, -0.25) is 9.78 Å². The van der Waals surface area contributed by atoms with Crippen molar-refractivity contribution in [2.75, 3.05) is 5.32 Å². The number of pyridine rings is 1. The summed E-state index contributed by atoms with van der Waals surface area (Å²) < 4.78 is 0. The van der Waals surface area contributed by atoms with Crippen LogP contribution in [0.15, 0.2) is 36.5 Å². The summed E-state index contributed by atoms with van der Waals surface area (Å²) in [5, 5.41) is 13.1. The molecule has 0 radical (unpaired) electrons. The summed E-state index contributed by atoms with van der Waals surface area (Å²) in [4.78, 5) is 16.7. The monoisotopic (exact) mass is 267 g/mol. The van der Waals surface area contributed by atoms with Crippen LogP contribution in [0.3, 0.4) is 0 Å². The molecule has 1 amide bonds. The Labute approximate surface area is 118 Å². The number of anilines is 1. The molecule has 1 aromatic heterocycles. The van der Waals surface area contributed by atoms with Crippen LogP contribution < -0.4 is 5.32 Å². The molecule has 2 aromatic rings. The van der Waals surface area contributed by atoms with Gasteiger partial charge in [-0.25, -0.2) is 0 Å². The number of benzene rings is 1. The van der Waals surface area contributed by atoms with E-state index >= 15 is 0 Å². The van der Waals surface area contributed by atoms with Crippen LogP contribution in [0.2, 0.25) is 0 Å². The average molecular weight is 267 g/mol. The van der Waals surface area contributed by atoms with E-state index in [1.165, 1.54) is 0 Å². The number of amides is 1. The summed E-state index contributed by atoms with van der Waals surface area (Å²) in [6.07, 6.45) is 2.67. The zero-order valence-electron chi connectivity index (χ0n) is 11.7. The number of nitriles is 1. The topological polar surface area (TPSA) is 65.8 Å². The molecule has 4 nitrogen and oxygen atoms in total. The Hall–Kier alpha value is -2.41. The van der Waals surface area contributed by atoms with Crippen LogP contribution in [0.4, 0.5) is 5.69 Å². The van der Waals surface area contributed by atoms with Gasteiger partial charge >= 0.3 is 0 Å². The molecule has 0 unspecified atom stereocenters. The second kappa shape index (κ2) is 5.70. The summed E-state index contributed by atoms with van der Waals surface area (Å²) >= 11 is 0. The third kappa shape index (κ3) is 2.35. The van der Waals surface area contributed by atoms with Crippen LogP contribution in [0.25, 0.3) is 10.9 Å². The summed E-state index contributed by atoms with van der Waals surface area (Å²) in [5.74, 6) is -0.261. The lowest BCUT2D eigenvalue weighted by Gasteiger charge is -2.22. The molecule has 2 rings (SSSR count). The normalized spacial score (nSPS) is 11.1. The number of rotatable bonds is 4. The summed E-state index contributed by atoms with van der Waals surface area (Å²) in [6, 6.07) is 11.6. The molecule has 1 aromatic carbocycles. The molecular formula is C16H17N3O. The zero-order valence-corrected chi connectivity index (χ0v) is 11.7. The summed E-state index contributed by atoms with van der Waals surface area (Å²) in [7, 11) is 0. The van der Waals surface area contributed by atoms with Gasteiger partial charge in [0.1, 0.15) is 5.41 Å². The van der Waals surface area contributed by atoms with E-state index in [4.69, 9.17) is 0 Å². The Morgan fingerprint density at radius 3 is 2.65 bits per heavy atom. The highest BCUT2D eigenvalue weighted by molar-refractivity contribution is 6.03. The van der Waals surface area contributed by atoms with Gasteiger partial charge in [0.15, 0.2) is 0 Å². The van der Waals surface area contributed by atoms with Crippen LogP contribution in [-0.2, 0) is 4.79 Å². The quantitative estimate of drug-likeness (QED) is 0.921. The Balaban J connectivity index is 2.38. The molecule has 1 heterocycles. The predicted molar refractivity (Wildman–Crippen MR) is 79.0 cm³/mol. The first-order valence-electron chi connectivity index (χ1n) is 6.73. The van der Waals surface area contributed by atoms with Gasteiger partial charge < -0.3 is 5.32 Å². The molecular weight excluding hydrogens is 250 g/mol. The van der Waals surface area contributed by atoms with Crippen molar-refractivity contribution in [1.29, 1.82) is 5.26 Å². The second-order valence-corrected chi connectivity index (χ2v) is 4.74.